The molecule has 6 heteroatoms. The molecule has 2 aromatic carbocycles. The first-order valence-electron chi connectivity index (χ1n) is 9.10. The van der Waals surface area contributed by atoms with Gasteiger partial charge in [0.25, 0.3) is 0 Å². The van der Waals surface area contributed by atoms with Crippen molar-refractivity contribution in [1.29, 1.82) is 0 Å². The Kier molecular flexibility index (Phi) is 6.16. The molecule has 1 atom stereocenters. The second-order valence-corrected chi connectivity index (χ2v) is 6.74. The summed E-state index contributed by atoms with van der Waals surface area (Å²) in [4.78, 5) is 26.4. The highest BCUT2D eigenvalue weighted by Gasteiger charge is 2.24. The highest BCUT2D eigenvalue weighted by atomic mass is 19.2. The fourth-order valence-electron chi connectivity index (χ4n) is 3.29. The lowest BCUT2D eigenvalue weighted by Crippen LogP contribution is -2.45. The zero-order chi connectivity index (χ0) is 19.2. The van der Waals surface area contributed by atoms with Crippen molar-refractivity contribution in [2.24, 2.45) is 0 Å². The quantitative estimate of drug-likeness (QED) is 0.779. The molecule has 0 radical (unpaired) electrons. The average molecular weight is 372 g/mol. The number of carbonyl (C=O) groups is 2. The number of anilines is 1. The van der Waals surface area contributed by atoms with E-state index >= 15 is 0 Å². The lowest BCUT2D eigenvalue weighted by Gasteiger charge is -2.33. The number of amides is 1. The largest absolute Gasteiger partial charge is 0.380 e. The summed E-state index contributed by atoms with van der Waals surface area (Å²) in [6, 6.07) is 12.6. The Morgan fingerprint density at radius 2 is 1.81 bits per heavy atom. The maximum absolute atomic E-state index is 13.3. The highest BCUT2D eigenvalue weighted by molar-refractivity contribution is 5.97. The van der Waals surface area contributed by atoms with Gasteiger partial charge < -0.3 is 10.2 Å². The van der Waals surface area contributed by atoms with Gasteiger partial charge in [0.2, 0.25) is 5.91 Å². The van der Waals surface area contributed by atoms with E-state index in [1.807, 2.05) is 6.07 Å². The first-order valence-corrected chi connectivity index (χ1v) is 9.10. The van der Waals surface area contributed by atoms with Gasteiger partial charge in [-0.2, -0.15) is 0 Å². The van der Waals surface area contributed by atoms with Gasteiger partial charge >= 0.3 is 0 Å². The fraction of sp³-hybridized carbons (Fsp3) is 0.333. The highest BCUT2D eigenvalue weighted by Crippen LogP contribution is 2.19. The molecule has 0 aromatic heterocycles. The van der Waals surface area contributed by atoms with E-state index in [4.69, 9.17) is 0 Å². The summed E-state index contributed by atoms with van der Waals surface area (Å²) in [6.07, 6.45) is 2.01. The van der Waals surface area contributed by atoms with Crippen molar-refractivity contribution >= 4 is 17.4 Å². The molecule has 4 nitrogen and oxygen atoms in total. The van der Waals surface area contributed by atoms with Crippen LogP contribution in [-0.2, 0) is 4.79 Å². The third-order valence-corrected chi connectivity index (χ3v) is 4.73. The van der Waals surface area contributed by atoms with Gasteiger partial charge in [-0.3, -0.25) is 9.59 Å². The number of likely N-dealkylation sites (tertiary alicyclic amines) is 1. The number of halogens is 2. The first-order chi connectivity index (χ1) is 13.0. The molecule has 27 heavy (non-hydrogen) atoms. The van der Waals surface area contributed by atoms with E-state index in [-0.39, 0.29) is 30.6 Å². The molecular formula is C21H22F2N2O2. The lowest BCUT2D eigenvalue weighted by atomic mass is 10.0. The molecule has 2 aromatic rings. The van der Waals surface area contributed by atoms with Crippen molar-refractivity contribution in [3.8, 4) is 0 Å². The van der Waals surface area contributed by atoms with Crippen molar-refractivity contribution in [2.75, 3.05) is 18.4 Å². The normalized spacial score (nSPS) is 16.8. The molecule has 1 N–H and O–H groups in total. The predicted octanol–water partition coefficient (Wildman–Crippen LogP) is 4.03. The Hall–Kier alpha value is -2.76. The summed E-state index contributed by atoms with van der Waals surface area (Å²) in [5.41, 5.74) is 1.11. The molecule has 142 valence electrons. The molecule has 0 aliphatic carbocycles. The van der Waals surface area contributed by atoms with Crippen molar-refractivity contribution in [1.82, 2.24) is 4.90 Å². The van der Waals surface area contributed by atoms with Crippen molar-refractivity contribution in [3.05, 3.63) is 65.7 Å². The standard InChI is InChI=1S/C21H22F2N2O2/c22-18-9-8-16(13-19(18)23)24-17-7-4-12-25(14-17)21(27)11-10-20(26)15-5-2-1-3-6-15/h1-3,5-6,8-9,13,17,24H,4,7,10-12,14H2/t17-/m1/s1. The topological polar surface area (TPSA) is 49.4 Å². The number of hydrogen-bond donors (Lipinski definition) is 1. The van der Waals surface area contributed by atoms with Crippen LogP contribution in [0.2, 0.25) is 0 Å². The number of hydrogen-bond acceptors (Lipinski definition) is 3. The molecule has 3 rings (SSSR count). The molecule has 0 unspecified atom stereocenters. The van der Waals surface area contributed by atoms with Gasteiger partial charge in [0.05, 0.1) is 0 Å². The van der Waals surface area contributed by atoms with E-state index in [0.717, 1.165) is 25.0 Å². The van der Waals surface area contributed by atoms with Crippen LogP contribution in [0.1, 0.15) is 36.0 Å². The number of nitrogens with one attached hydrogen (secondary N) is 1. The number of Topliss-reactive ketones (excluding diaryl/α,β-unsaturated/α-hetero) is 1. The van der Waals surface area contributed by atoms with Gasteiger partial charge in [-0.05, 0) is 25.0 Å². The monoisotopic (exact) mass is 372 g/mol. The number of benzene rings is 2. The van der Waals surface area contributed by atoms with E-state index in [0.29, 0.717) is 24.3 Å². The van der Waals surface area contributed by atoms with Gasteiger partial charge in [-0.25, -0.2) is 8.78 Å². The Labute approximate surface area is 157 Å². The summed E-state index contributed by atoms with van der Waals surface area (Å²) >= 11 is 0. The van der Waals surface area contributed by atoms with E-state index in [1.165, 1.54) is 6.07 Å². The molecule has 0 saturated carbocycles. The molecule has 0 spiro atoms. The molecule has 0 bridgehead atoms. The van der Waals surface area contributed by atoms with Gasteiger partial charge in [0.15, 0.2) is 17.4 Å². The van der Waals surface area contributed by atoms with Crippen LogP contribution in [0.5, 0.6) is 0 Å². The van der Waals surface area contributed by atoms with Crippen LogP contribution in [0, 0.1) is 11.6 Å². The maximum Gasteiger partial charge on any atom is 0.223 e. The molecular weight excluding hydrogens is 350 g/mol. The van der Waals surface area contributed by atoms with Gasteiger partial charge in [0, 0.05) is 49.3 Å². The Morgan fingerprint density at radius 1 is 1.04 bits per heavy atom. The number of rotatable bonds is 6. The average Bonchev–Trinajstić information content (AvgIpc) is 2.69. The lowest BCUT2D eigenvalue weighted by molar-refractivity contribution is -0.132. The summed E-state index contributed by atoms with van der Waals surface area (Å²) in [5.74, 6) is -1.89. The molecule has 1 fully saturated rings. The summed E-state index contributed by atoms with van der Waals surface area (Å²) in [5, 5.41) is 3.16. The molecule has 1 aliphatic rings. The molecule has 1 heterocycles. The van der Waals surface area contributed by atoms with Crippen LogP contribution < -0.4 is 5.32 Å². The Balaban J connectivity index is 1.51. The zero-order valence-corrected chi connectivity index (χ0v) is 15.0. The third-order valence-electron chi connectivity index (χ3n) is 4.73. The second-order valence-electron chi connectivity index (χ2n) is 6.74. The van der Waals surface area contributed by atoms with Gasteiger partial charge in [-0.15, -0.1) is 0 Å². The number of ketones is 1. The zero-order valence-electron chi connectivity index (χ0n) is 15.0. The first kappa shape index (κ1) is 19.0. The summed E-state index contributed by atoms with van der Waals surface area (Å²) < 4.78 is 26.4. The van der Waals surface area contributed by atoms with Crippen molar-refractivity contribution in [2.45, 2.75) is 31.7 Å². The molecule has 1 saturated heterocycles. The van der Waals surface area contributed by atoms with Gasteiger partial charge in [0.1, 0.15) is 0 Å². The number of carbonyl (C=O) groups excluding carboxylic acids is 2. The van der Waals surface area contributed by atoms with E-state index in [2.05, 4.69) is 5.32 Å². The fourth-order valence-corrected chi connectivity index (χ4v) is 3.29. The third kappa shape index (κ3) is 5.12. The minimum Gasteiger partial charge on any atom is -0.380 e. The van der Waals surface area contributed by atoms with Crippen LogP contribution in [0.3, 0.4) is 0 Å². The van der Waals surface area contributed by atoms with E-state index in [9.17, 15) is 18.4 Å². The summed E-state index contributed by atoms with van der Waals surface area (Å²) in [7, 11) is 0. The maximum atomic E-state index is 13.3. The molecule has 1 aliphatic heterocycles. The number of piperidine rings is 1. The molecule has 1 amide bonds. The Morgan fingerprint density at radius 3 is 2.56 bits per heavy atom. The van der Waals surface area contributed by atoms with Crippen molar-refractivity contribution < 1.29 is 18.4 Å². The summed E-state index contributed by atoms with van der Waals surface area (Å²) in [6.45, 7) is 1.13. The minimum absolute atomic E-state index is 0.0302. The van der Waals surface area contributed by atoms with E-state index < -0.39 is 11.6 Å². The van der Waals surface area contributed by atoms with Crippen molar-refractivity contribution in [3.63, 3.8) is 0 Å². The van der Waals surface area contributed by atoms with Crippen LogP contribution in [0.25, 0.3) is 0 Å². The SMILES string of the molecule is O=C(CCC(=O)N1CCC[C@@H](Nc2ccc(F)c(F)c2)C1)c1ccccc1. The number of nitrogens with zero attached hydrogens (tertiary/aromatic N) is 1. The van der Waals surface area contributed by atoms with Gasteiger partial charge in [-0.1, -0.05) is 30.3 Å². The smallest absolute Gasteiger partial charge is 0.223 e. The minimum atomic E-state index is -0.900. The van der Waals surface area contributed by atoms with Crippen LogP contribution in [0.15, 0.2) is 48.5 Å². The van der Waals surface area contributed by atoms with Crippen LogP contribution >= 0.6 is 0 Å². The van der Waals surface area contributed by atoms with Crippen LogP contribution in [-0.4, -0.2) is 35.7 Å². The van der Waals surface area contributed by atoms with Crippen LogP contribution in [0.4, 0.5) is 14.5 Å². The predicted molar refractivity (Wildman–Crippen MR) is 99.6 cm³/mol. The van der Waals surface area contributed by atoms with E-state index in [1.54, 1.807) is 29.2 Å². The Bertz CT molecular complexity index is 811. The second kappa shape index (κ2) is 8.75.